The third-order valence-electron chi connectivity index (χ3n) is 6.43. The van der Waals surface area contributed by atoms with Crippen molar-refractivity contribution < 1.29 is 29.0 Å². The smallest absolute Gasteiger partial charge is 0.336 e. The van der Waals surface area contributed by atoms with Gasteiger partial charge in [0, 0.05) is 25.0 Å². The van der Waals surface area contributed by atoms with Crippen molar-refractivity contribution in [1.82, 2.24) is 4.98 Å². The van der Waals surface area contributed by atoms with Gasteiger partial charge in [0.1, 0.15) is 0 Å². The molecule has 0 saturated carbocycles. The van der Waals surface area contributed by atoms with E-state index in [-0.39, 0.29) is 30.2 Å². The maximum absolute atomic E-state index is 12.2. The van der Waals surface area contributed by atoms with Crippen molar-refractivity contribution in [3.05, 3.63) is 17.7 Å². The lowest BCUT2D eigenvalue weighted by Gasteiger charge is -2.08. The number of ether oxygens (including phenoxy) is 2. The normalized spacial score (nSPS) is 10.9. The number of pyridine rings is 1. The molecule has 0 atom stereocenters. The fourth-order valence-corrected chi connectivity index (χ4v) is 4.20. The molecule has 0 saturated heterocycles. The van der Waals surface area contributed by atoms with Crippen molar-refractivity contribution in [3.8, 4) is 11.8 Å². The van der Waals surface area contributed by atoms with Crippen LogP contribution >= 0.6 is 0 Å². The molecule has 0 bridgehead atoms. The average molecular weight is 520 g/mol. The monoisotopic (exact) mass is 519 g/mol. The van der Waals surface area contributed by atoms with Crippen LogP contribution in [0.4, 0.5) is 0 Å². The van der Waals surface area contributed by atoms with E-state index in [2.05, 4.69) is 18.8 Å². The molecule has 0 aliphatic carbocycles. The van der Waals surface area contributed by atoms with Crippen LogP contribution in [0, 0.1) is 0 Å². The van der Waals surface area contributed by atoms with Gasteiger partial charge in [-0.15, -0.1) is 0 Å². The molecule has 37 heavy (non-hydrogen) atoms. The molecule has 1 aromatic rings. The van der Waals surface area contributed by atoms with Gasteiger partial charge in [0.05, 0.1) is 5.56 Å². The third-order valence-corrected chi connectivity index (χ3v) is 6.43. The van der Waals surface area contributed by atoms with Gasteiger partial charge >= 0.3 is 17.9 Å². The second-order valence-electron chi connectivity index (χ2n) is 9.94. The summed E-state index contributed by atoms with van der Waals surface area (Å²) in [6.07, 6.45) is 21.0. The highest BCUT2D eigenvalue weighted by Gasteiger charge is 2.15. The lowest BCUT2D eigenvalue weighted by molar-refractivity contribution is -0.135. The maximum Gasteiger partial charge on any atom is 0.336 e. The molecule has 1 N–H and O–H groups in total. The molecule has 0 unspecified atom stereocenters. The Hall–Kier alpha value is -2.44. The van der Waals surface area contributed by atoms with E-state index >= 15 is 0 Å². The van der Waals surface area contributed by atoms with Gasteiger partial charge in [0.25, 0.3) is 0 Å². The predicted octanol–water partition coefficient (Wildman–Crippen LogP) is 8.43. The van der Waals surface area contributed by atoms with Crippen LogP contribution in [0.25, 0.3) is 0 Å². The van der Waals surface area contributed by atoms with E-state index in [0.717, 1.165) is 25.7 Å². The van der Waals surface area contributed by atoms with E-state index in [1.807, 2.05) is 0 Å². The van der Waals surface area contributed by atoms with Gasteiger partial charge in [0.15, 0.2) is 0 Å². The number of nitrogens with zero attached hydrogens (tertiary/aromatic N) is 1. The van der Waals surface area contributed by atoms with Crippen LogP contribution in [0.15, 0.2) is 12.1 Å². The van der Waals surface area contributed by atoms with Gasteiger partial charge in [-0.05, 0) is 12.8 Å². The Morgan fingerprint density at radius 3 is 1.24 bits per heavy atom. The van der Waals surface area contributed by atoms with Gasteiger partial charge < -0.3 is 14.6 Å². The van der Waals surface area contributed by atoms with Gasteiger partial charge in [-0.3, -0.25) is 9.59 Å². The van der Waals surface area contributed by atoms with Gasteiger partial charge in [-0.25, -0.2) is 4.79 Å². The second-order valence-corrected chi connectivity index (χ2v) is 9.94. The van der Waals surface area contributed by atoms with E-state index in [1.165, 1.54) is 89.2 Å². The van der Waals surface area contributed by atoms with Crippen LogP contribution in [0.3, 0.4) is 0 Å². The summed E-state index contributed by atoms with van der Waals surface area (Å²) in [5.74, 6) is -2.47. The molecule has 1 aromatic heterocycles. The number of rotatable bonds is 23. The van der Waals surface area contributed by atoms with Crippen molar-refractivity contribution in [3.63, 3.8) is 0 Å². The highest BCUT2D eigenvalue weighted by atomic mass is 16.6. The minimum Gasteiger partial charge on any atom is -0.478 e. The average Bonchev–Trinajstić information content (AvgIpc) is 2.86. The number of carboxylic acid groups (broad SMARTS) is 1. The molecule has 210 valence electrons. The molecule has 0 aromatic carbocycles. The molecule has 0 aliphatic rings. The zero-order valence-electron chi connectivity index (χ0n) is 23.2. The molecule has 0 aliphatic heterocycles. The molecular formula is C30H49NO6. The standard InChI is InChI=1S/C30H49NO6/c1-3-5-7-9-11-13-15-17-19-21-28(32)36-26-23-25(30(34)35)24-27(31-26)37-29(33)22-20-18-16-14-12-10-8-6-4-2/h23-24H,3-22H2,1-2H3,(H,34,35). The van der Waals surface area contributed by atoms with E-state index < -0.39 is 17.9 Å². The Bertz CT molecular complexity index is 725. The molecule has 0 radical (unpaired) electrons. The van der Waals surface area contributed by atoms with E-state index in [0.29, 0.717) is 12.8 Å². The highest BCUT2D eigenvalue weighted by molar-refractivity contribution is 5.88. The topological polar surface area (TPSA) is 103 Å². The number of esters is 2. The van der Waals surface area contributed by atoms with E-state index in [9.17, 15) is 19.5 Å². The summed E-state index contributed by atoms with van der Waals surface area (Å²) in [5, 5.41) is 9.38. The third kappa shape index (κ3) is 17.6. The number of carboxylic acids is 1. The van der Waals surface area contributed by atoms with E-state index in [1.54, 1.807) is 0 Å². The number of hydrogen-bond donors (Lipinski definition) is 1. The molecule has 1 heterocycles. The first-order valence-electron chi connectivity index (χ1n) is 14.6. The van der Waals surface area contributed by atoms with Crippen molar-refractivity contribution in [2.24, 2.45) is 0 Å². The number of hydrogen-bond acceptors (Lipinski definition) is 6. The highest BCUT2D eigenvalue weighted by Crippen LogP contribution is 2.20. The van der Waals surface area contributed by atoms with Crippen LogP contribution in [-0.4, -0.2) is 28.0 Å². The predicted molar refractivity (Wildman–Crippen MR) is 146 cm³/mol. The Balaban J connectivity index is 2.36. The Kier molecular flexibility index (Phi) is 19.0. The summed E-state index contributed by atoms with van der Waals surface area (Å²) in [6, 6.07) is 2.35. The number of unbranched alkanes of at least 4 members (excludes halogenated alkanes) is 16. The van der Waals surface area contributed by atoms with Crippen LogP contribution in [-0.2, 0) is 9.59 Å². The lowest BCUT2D eigenvalue weighted by Crippen LogP contribution is -2.13. The number of aromatic carboxylic acids is 1. The molecule has 0 spiro atoms. The van der Waals surface area contributed by atoms with Crippen molar-refractivity contribution in [2.75, 3.05) is 0 Å². The summed E-state index contributed by atoms with van der Waals surface area (Å²) in [4.78, 5) is 39.9. The van der Waals surface area contributed by atoms with Gasteiger partial charge in [-0.2, -0.15) is 4.98 Å². The van der Waals surface area contributed by atoms with Crippen molar-refractivity contribution in [2.45, 2.75) is 142 Å². The van der Waals surface area contributed by atoms with Gasteiger partial charge in [-0.1, -0.05) is 117 Å². The molecular weight excluding hydrogens is 470 g/mol. The second kappa shape index (κ2) is 21.6. The first kappa shape index (κ1) is 32.6. The Morgan fingerprint density at radius 1 is 0.595 bits per heavy atom. The first-order valence-corrected chi connectivity index (χ1v) is 14.6. The molecule has 0 fully saturated rings. The maximum atomic E-state index is 12.2. The molecule has 0 amide bonds. The van der Waals surface area contributed by atoms with Crippen molar-refractivity contribution >= 4 is 17.9 Å². The summed E-state index contributed by atoms with van der Waals surface area (Å²) < 4.78 is 10.5. The first-order chi connectivity index (χ1) is 18.0. The zero-order chi connectivity index (χ0) is 27.1. The quantitative estimate of drug-likeness (QED) is 0.114. The van der Waals surface area contributed by atoms with Crippen LogP contribution in [0.5, 0.6) is 11.8 Å². The summed E-state index contributed by atoms with van der Waals surface area (Å²) >= 11 is 0. The Labute approximate surface area is 223 Å². The lowest BCUT2D eigenvalue weighted by atomic mass is 10.1. The summed E-state index contributed by atoms with van der Waals surface area (Å²) in [7, 11) is 0. The minimum absolute atomic E-state index is 0.147. The SMILES string of the molecule is CCCCCCCCCCCC(=O)Oc1cc(C(=O)O)cc(OC(=O)CCCCCCCCCCC)n1. The summed E-state index contributed by atoms with van der Waals surface area (Å²) in [6.45, 7) is 4.42. The molecule has 7 nitrogen and oxygen atoms in total. The van der Waals surface area contributed by atoms with Gasteiger partial charge in [0.2, 0.25) is 11.8 Å². The zero-order valence-corrected chi connectivity index (χ0v) is 23.2. The van der Waals surface area contributed by atoms with Crippen molar-refractivity contribution in [1.29, 1.82) is 0 Å². The fourth-order valence-electron chi connectivity index (χ4n) is 4.20. The Morgan fingerprint density at radius 2 is 0.919 bits per heavy atom. The van der Waals surface area contributed by atoms with Crippen LogP contribution in [0.2, 0.25) is 0 Å². The van der Waals surface area contributed by atoms with Crippen LogP contribution < -0.4 is 9.47 Å². The molecule has 7 heteroatoms. The largest absolute Gasteiger partial charge is 0.478 e. The van der Waals surface area contributed by atoms with E-state index in [4.69, 9.17) is 9.47 Å². The van der Waals surface area contributed by atoms with Crippen LogP contribution in [0.1, 0.15) is 153 Å². The minimum atomic E-state index is -1.21. The number of aromatic nitrogens is 1. The number of carbonyl (C=O) groups excluding carboxylic acids is 2. The molecule has 1 rings (SSSR count). The number of carbonyl (C=O) groups is 3. The summed E-state index contributed by atoms with van der Waals surface area (Å²) in [5.41, 5.74) is -0.147. The fraction of sp³-hybridized carbons (Fsp3) is 0.733.